The maximum atomic E-state index is 12.6. The normalized spacial score (nSPS) is 15.8. The van der Waals surface area contributed by atoms with Crippen LogP contribution in [0, 0.1) is 0 Å². The molecule has 1 atom stereocenters. The van der Waals surface area contributed by atoms with Gasteiger partial charge in [-0.2, -0.15) is 5.10 Å². The lowest BCUT2D eigenvalue weighted by atomic mass is 10.1. The molecule has 0 aliphatic heterocycles. The monoisotopic (exact) mass is 357 g/mol. The van der Waals surface area contributed by atoms with Crippen LogP contribution < -0.4 is 10.9 Å². The van der Waals surface area contributed by atoms with Gasteiger partial charge in [-0.3, -0.25) is 9.59 Å². The Labute approximate surface area is 151 Å². The molecule has 1 heterocycles. The number of nitrogens with zero attached hydrogens (tertiary/aromatic N) is 2. The van der Waals surface area contributed by atoms with Crippen molar-refractivity contribution in [3.63, 3.8) is 0 Å². The highest BCUT2D eigenvalue weighted by Crippen LogP contribution is 2.18. The minimum Gasteiger partial charge on any atom is -0.448 e. The van der Waals surface area contributed by atoms with Crippen LogP contribution >= 0.6 is 0 Å². The van der Waals surface area contributed by atoms with Crippen LogP contribution in [-0.2, 0) is 16.1 Å². The number of nitrogens with one attached hydrogen (secondary N) is 1. The van der Waals surface area contributed by atoms with E-state index in [1.807, 2.05) is 0 Å². The van der Waals surface area contributed by atoms with Gasteiger partial charge in [-0.05, 0) is 32.8 Å². The predicted octanol–water partition coefficient (Wildman–Crippen LogP) is 2.02. The van der Waals surface area contributed by atoms with Gasteiger partial charge in [0.25, 0.3) is 11.5 Å². The Bertz CT molecular complexity index is 884. The first-order valence-corrected chi connectivity index (χ1v) is 9.02. The van der Waals surface area contributed by atoms with E-state index in [0.29, 0.717) is 17.3 Å². The van der Waals surface area contributed by atoms with Gasteiger partial charge in [-0.1, -0.05) is 31.0 Å². The zero-order valence-corrected chi connectivity index (χ0v) is 15.0. The molecule has 1 saturated carbocycles. The van der Waals surface area contributed by atoms with Gasteiger partial charge >= 0.3 is 5.97 Å². The third kappa shape index (κ3) is 3.61. The van der Waals surface area contributed by atoms with Crippen molar-refractivity contribution in [2.45, 2.75) is 58.2 Å². The standard InChI is InChI=1S/C19H23N3O4/c1-3-22-18(24)15-11-7-6-10-14(15)16(21-22)19(25)26-12(2)17(23)20-13-8-4-5-9-13/h6-7,10-13H,3-5,8-9H2,1-2H3,(H,20,23)/t12-/m0/s1. The Morgan fingerprint density at radius 3 is 2.58 bits per heavy atom. The summed E-state index contributed by atoms with van der Waals surface area (Å²) < 4.78 is 6.55. The molecule has 138 valence electrons. The number of hydrogen-bond acceptors (Lipinski definition) is 5. The smallest absolute Gasteiger partial charge is 0.360 e. The van der Waals surface area contributed by atoms with Crippen molar-refractivity contribution in [2.24, 2.45) is 0 Å². The number of carbonyl (C=O) groups is 2. The van der Waals surface area contributed by atoms with Gasteiger partial charge in [-0.25, -0.2) is 9.48 Å². The maximum absolute atomic E-state index is 12.6. The summed E-state index contributed by atoms with van der Waals surface area (Å²) >= 11 is 0. The Morgan fingerprint density at radius 1 is 1.27 bits per heavy atom. The molecule has 1 aliphatic rings. The van der Waals surface area contributed by atoms with Crippen LogP contribution in [0.3, 0.4) is 0 Å². The Balaban J connectivity index is 1.82. The summed E-state index contributed by atoms with van der Waals surface area (Å²) in [5.74, 6) is -1.02. The van der Waals surface area contributed by atoms with Crippen LogP contribution in [0.5, 0.6) is 0 Å². The first-order valence-electron chi connectivity index (χ1n) is 9.02. The summed E-state index contributed by atoms with van der Waals surface area (Å²) in [6.45, 7) is 3.65. The topological polar surface area (TPSA) is 90.3 Å². The zero-order chi connectivity index (χ0) is 18.7. The van der Waals surface area contributed by atoms with Crippen molar-refractivity contribution in [3.8, 4) is 0 Å². The largest absolute Gasteiger partial charge is 0.448 e. The van der Waals surface area contributed by atoms with E-state index < -0.39 is 12.1 Å². The second-order valence-electron chi connectivity index (χ2n) is 6.55. The van der Waals surface area contributed by atoms with Crippen LogP contribution in [-0.4, -0.2) is 33.8 Å². The lowest BCUT2D eigenvalue weighted by Crippen LogP contribution is -2.41. The molecule has 3 rings (SSSR count). The number of rotatable bonds is 5. The van der Waals surface area contributed by atoms with Crippen LogP contribution in [0.1, 0.15) is 50.0 Å². The van der Waals surface area contributed by atoms with E-state index in [1.165, 1.54) is 4.68 Å². The van der Waals surface area contributed by atoms with Gasteiger partial charge in [0.1, 0.15) is 0 Å². The van der Waals surface area contributed by atoms with E-state index in [1.54, 1.807) is 38.1 Å². The molecule has 26 heavy (non-hydrogen) atoms. The van der Waals surface area contributed by atoms with Crippen molar-refractivity contribution >= 4 is 22.6 Å². The lowest BCUT2D eigenvalue weighted by molar-refractivity contribution is -0.129. The number of aromatic nitrogens is 2. The lowest BCUT2D eigenvalue weighted by Gasteiger charge is -2.17. The number of aryl methyl sites for hydroxylation is 1. The molecular formula is C19H23N3O4. The molecule has 0 saturated heterocycles. The maximum Gasteiger partial charge on any atom is 0.360 e. The second kappa shape index (κ2) is 7.68. The molecule has 0 radical (unpaired) electrons. The molecule has 0 spiro atoms. The van der Waals surface area contributed by atoms with Crippen molar-refractivity contribution in [3.05, 3.63) is 40.3 Å². The second-order valence-corrected chi connectivity index (χ2v) is 6.55. The van der Waals surface area contributed by atoms with Crippen LogP contribution in [0.15, 0.2) is 29.1 Å². The number of hydrogen-bond donors (Lipinski definition) is 1. The van der Waals surface area contributed by atoms with Gasteiger partial charge in [0.2, 0.25) is 0 Å². The molecule has 1 amide bonds. The summed E-state index contributed by atoms with van der Waals surface area (Å²) in [7, 11) is 0. The molecule has 1 fully saturated rings. The average Bonchev–Trinajstić information content (AvgIpc) is 3.15. The predicted molar refractivity (Wildman–Crippen MR) is 97.0 cm³/mol. The summed E-state index contributed by atoms with van der Waals surface area (Å²) in [4.78, 5) is 37.2. The fraction of sp³-hybridized carbons (Fsp3) is 0.474. The first kappa shape index (κ1) is 18.1. The summed E-state index contributed by atoms with van der Waals surface area (Å²) in [5.41, 5.74) is -0.214. The fourth-order valence-corrected chi connectivity index (χ4v) is 3.26. The van der Waals surface area contributed by atoms with Crippen LogP contribution in [0.25, 0.3) is 10.8 Å². The number of fused-ring (bicyclic) bond motifs is 1. The van der Waals surface area contributed by atoms with Gasteiger partial charge in [0.15, 0.2) is 11.8 Å². The number of esters is 1. The molecule has 2 aromatic rings. The van der Waals surface area contributed by atoms with E-state index in [-0.39, 0.29) is 23.2 Å². The molecule has 0 bridgehead atoms. The van der Waals surface area contributed by atoms with Gasteiger partial charge < -0.3 is 10.1 Å². The molecule has 1 N–H and O–H groups in total. The Kier molecular flexibility index (Phi) is 5.35. The minimum absolute atomic E-state index is 0.0440. The molecule has 1 aromatic carbocycles. The number of amides is 1. The average molecular weight is 357 g/mol. The third-order valence-electron chi connectivity index (χ3n) is 4.72. The van der Waals surface area contributed by atoms with Crippen molar-refractivity contribution in [1.29, 1.82) is 0 Å². The molecular weight excluding hydrogens is 334 g/mol. The van der Waals surface area contributed by atoms with Gasteiger partial charge in [0.05, 0.1) is 5.39 Å². The van der Waals surface area contributed by atoms with Gasteiger partial charge in [0, 0.05) is 18.0 Å². The zero-order valence-electron chi connectivity index (χ0n) is 15.0. The van der Waals surface area contributed by atoms with Crippen LogP contribution in [0.2, 0.25) is 0 Å². The molecule has 1 aliphatic carbocycles. The molecule has 1 aromatic heterocycles. The SMILES string of the molecule is CCn1nc(C(=O)O[C@@H](C)C(=O)NC2CCCC2)c2ccccc2c1=O. The van der Waals surface area contributed by atoms with Crippen molar-refractivity contribution in [2.75, 3.05) is 0 Å². The molecule has 7 heteroatoms. The van der Waals surface area contributed by atoms with E-state index in [4.69, 9.17) is 4.74 Å². The number of benzene rings is 1. The summed E-state index contributed by atoms with van der Waals surface area (Å²) in [6, 6.07) is 6.93. The molecule has 0 unspecified atom stereocenters. The summed E-state index contributed by atoms with van der Waals surface area (Å²) in [5, 5.41) is 7.87. The Hall–Kier alpha value is -2.70. The van der Waals surface area contributed by atoms with Crippen molar-refractivity contribution < 1.29 is 14.3 Å². The molecule has 7 nitrogen and oxygen atoms in total. The van der Waals surface area contributed by atoms with Gasteiger partial charge in [-0.15, -0.1) is 0 Å². The minimum atomic E-state index is -0.925. The number of carbonyl (C=O) groups excluding carboxylic acids is 2. The van der Waals surface area contributed by atoms with Crippen molar-refractivity contribution in [1.82, 2.24) is 15.1 Å². The summed E-state index contributed by atoms with van der Waals surface area (Å²) in [6.07, 6.45) is 3.20. The quantitative estimate of drug-likeness (QED) is 0.827. The Morgan fingerprint density at radius 2 is 1.92 bits per heavy atom. The number of ether oxygens (including phenoxy) is 1. The first-order chi connectivity index (χ1) is 12.5. The van der Waals surface area contributed by atoms with E-state index in [0.717, 1.165) is 25.7 Å². The van der Waals surface area contributed by atoms with Crippen LogP contribution in [0.4, 0.5) is 0 Å². The fourth-order valence-electron chi connectivity index (χ4n) is 3.26. The van der Waals surface area contributed by atoms with E-state index in [2.05, 4.69) is 10.4 Å². The van der Waals surface area contributed by atoms with E-state index >= 15 is 0 Å². The highest BCUT2D eigenvalue weighted by molar-refractivity contribution is 6.02. The highest BCUT2D eigenvalue weighted by atomic mass is 16.5. The third-order valence-corrected chi connectivity index (χ3v) is 4.72. The van der Waals surface area contributed by atoms with E-state index in [9.17, 15) is 14.4 Å². The highest BCUT2D eigenvalue weighted by Gasteiger charge is 2.25.